The Labute approximate surface area is 188 Å². The maximum Gasteiger partial charge on any atom is 0.251 e. The molecule has 164 valence electrons. The molecule has 3 aliphatic rings. The van der Waals surface area contributed by atoms with E-state index >= 15 is 0 Å². The Balaban J connectivity index is 1.34. The minimum Gasteiger partial charge on any atom is -0.381 e. The lowest BCUT2D eigenvalue weighted by Crippen LogP contribution is -2.41. The SMILES string of the molecule is O=C(NCCN1CCOCC1)c1cc(NC2CCCC2)c2c(c1)Sc1ccccc1N2. The number of hydrogen-bond acceptors (Lipinski definition) is 6. The van der Waals surface area contributed by atoms with Crippen LogP contribution < -0.4 is 16.0 Å². The van der Waals surface area contributed by atoms with E-state index in [4.69, 9.17) is 4.74 Å². The zero-order valence-corrected chi connectivity index (χ0v) is 18.6. The van der Waals surface area contributed by atoms with Crippen LogP contribution in [0.3, 0.4) is 0 Å². The molecule has 3 N–H and O–H groups in total. The van der Waals surface area contributed by atoms with Gasteiger partial charge in [-0.2, -0.15) is 0 Å². The van der Waals surface area contributed by atoms with Crippen LogP contribution in [0.25, 0.3) is 0 Å². The van der Waals surface area contributed by atoms with Gasteiger partial charge in [0, 0.05) is 47.6 Å². The summed E-state index contributed by atoms with van der Waals surface area (Å²) < 4.78 is 5.40. The highest BCUT2D eigenvalue weighted by atomic mass is 32.2. The number of nitrogens with zero attached hydrogens (tertiary/aromatic N) is 1. The first kappa shape index (κ1) is 20.7. The number of morpholine rings is 1. The number of anilines is 3. The molecule has 1 saturated heterocycles. The lowest BCUT2D eigenvalue weighted by molar-refractivity contribution is 0.0383. The molecule has 2 aliphatic heterocycles. The van der Waals surface area contributed by atoms with Crippen LogP contribution in [-0.2, 0) is 4.74 Å². The molecular formula is C24H30N4O2S. The predicted octanol–water partition coefficient (Wildman–Crippen LogP) is 4.31. The molecule has 2 fully saturated rings. The van der Waals surface area contributed by atoms with Gasteiger partial charge in [-0.05, 0) is 37.1 Å². The van der Waals surface area contributed by atoms with E-state index in [9.17, 15) is 4.79 Å². The summed E-state index contributed by atoms with van der Waals surface area (Å²) in [5.74, 6) is -0.00927. The van der Waals surface area contributed by atoms with Crippen LogP contribution in [0.5, 0.6) is 0 Å². The van der Waals surface area contributed by atoms with Crippen LogP contribution in [0.2, 0.25) is 0 Å². The second-order valence-electron chi connectivity index (χ2n) is 8.46. The van der Waals surface area contributed by atoms with Gasteiger partial charge in [0.2, 0.25) is 0 Å². The van der Waals surface area contributed by atoms with Gasteiger partial charge in [-0.1, -0.05) is 36.7 Å². The zero-order chi connectivity index (χ0) is 21.0. The first-order chi connectivity index (χ1) is 15.3. The fraction of sp³-hybridized carbons (Fsp3) is 0.458. The highest BCUT2D eigenvalue weighted by Gasteiger charge is 2.24. The highest BCUT2D eigenvalue weighted by Crippen LogP contribution is 2.48. The number of nitrogens with one attached hydrogen (secondary N) is 3. The van der Waals surface area contributed by atoms with E-state index in [0.717, 1.165) is 60.4 Å². The van der Waals surface area contributed by atoms with E-state index in [2.05, 4.69) is 45.1 Å². The van der Waals surface area contributed by atoms with Crippen molar-refractivity contribution >= 4 is 34.7 Å². The Morgan fingerprint density at radius 3 is 2.77 bits per heavy atom. The van der Waals surface area contributed by atoms with Gasteiger partial charge < -0.3 is 20.7 Å². The van der Waals surface area contributed by atoms with Gasteiger partial charge in [0.15, 0.2) is 0 Å². The standard InChI is InChI=1S/C24H30N4O2S/c29-24(25-9-10-28-11-13-30-14-12-28)17-15-20(26-18-5-1-2-6-18)23-22(16-17)31-21-8-4-3-7-19(21)27-23/h3-4,7-8,15-16,18,26-27H,1-2,5-6,9-14H2,(H,25,29). The first-order valence-electron chi connectivity index (χ1n) is 11.3. The van der Waals surface area contributed by atoms with Crippen molar-refractivity contribution in [1.82, 2.24) is 10.2 Å². The molecule has 0 bridgehead atoms. The topological polar surface area (TPSA) is 65.6 Å². The molecule has 5 rings (SSSR count). The Morgan fingerprint density at radius 2 is 1.94 bits per heavy atom. The molecular weight excluding hydrogens is 408 g/mol. The summed E-state index contributed by atoms with van der Waals surface area (Å²) in [6, 6.07) is 12.9. The maximum atomic E-state index is 13.0. The summed E-state index contributed by atoms with van der Waals surface area (Å²) in [7, 11) is 0. The van der Waals surface area contributed by atoms with Crippen LogP contribution in [0.15, 0.2) is 46.2 Å². The summed E-state index contributed by atoms with van der Waals surface area (Å²) in [5, 5.41) is 10.4. The first-order valence-corrected chi connectivity index (χ1v) is 12.1. The molecule has 2 aromatic rings. The Morgan fingerprint density at radius 1 is 1.13 bits per heavy atom. The fourth-order valence-electron chi connectivity index (χ4n) is 4.53. The number of para-hydroxylation sites is 1. The third kappa shape index (κ3) is 4.84. The largest absolute Gasteiger partial charge is 0.381 e. The Hall–Kier alpha value is -2.22. The minimum absolute atomic E-state index is 0.00927. The lowest BCUT2D eigenvalue weighted by Gasteiger charge is -2.27. The van der Waals surface area contributed by atoms with Crippen molar-refractivity contribution in [3.05, 3.63) is 42.0 Å². The van der Waals surface area contributed by atoms with Crippen molar-refractivity contribution in [2.45, 2.75) is 41.5 Å². The zero-order valence-electron chi connectivity index (χ0n) is 17.8. The number of benzene rings is 2. The van der Waals surface area contributed by atoms with E-state index in [0.29, 0.717) is 12.6 Å². The molecule has 0 atom stereocenters. The van der Waals surface area contributed by atoms with Crippen molar-refractivity contribution in [3.63, 3.8) is 0 Å². The smallest absolute Gasteiger partial charge is 0.251 e. The summed E-state index contributed by atoms with van der Waals surface area (Å²) >= 11 is 1.73. The van der Waals surface area contributed by atoms with E-state index in [1.807, 2.05) is 12.1 Å². The highest BCUT2D eigenvalue weighted by molar-refractivity contribution is 7.99. The lowest BCUT2D eigenvalue weighted by atomic mass is 10.1. The molecule has 2 aromatic carbocycles. The molecule has 31 heavy (non-hydrogen) atoms. The quantitative estimate of drug-likeness (QED) is 0.533. The second kappa shape index (κ2) is 9.51. The average Bonchev–Trinajstić information content (AvgIpc) is 3.31. The minimum atomic E-state index is -0.00927. The maximum absolute atomic E-state index is 13.0. The van der Waals surface area contributed by atoms with Gasteiger partial charge in [-0.3, -0.25) is 9.69 Å². The third-order valence-electron chi connectivity index (χ3n) is 6.26. The van der Waals surface area contributed by atoms with Crippen LogP contribution >= 0.6 is 11.8 Å². The summed E-state index contributed by atoms with van der Waals surface area (Å²) in [4.78, 5) is 17.6. The van der Waals surface area contributed by atoms with Crippen LogP contribution in [0.4, 0.5) is 17.1 Å². The summed E-state index contributed by atoms with van der Waals surface area (Å²) in [5.41, 5.74) is 3.96. The van der Waals surface area contributed by atoms with Crippen molar-refractivity contribution in [2.75, 3.05) is 50.0 Å². The van der Waals surface area contributed by atoms with Crippen molar-refractivity contribution in [3.8, 4) is 0 Å². The molecule has 1 saturated carbocycles. The van der Waals surface area contributed by atoms with Gasteiger partial charge in [0.25, 0.3) is 5.91 Å². The van der Waals surface area contributed by atoms with E-state index < -0.39 is 0 Å². The molecule has 0 aromatic heterocycles. The predicted molar refractivity (Wildman–Crippen MR) is 126 cm³/mol. The summed E-state index contributed by atoms with van der Waals surface area (Å²) in [6.07, 6.45) is 4.92. The van der Waals surface area contributed by atoms with Gasteiger partial charge in [0.1, 0.15) is 0 Å². The fourth-order valence-corrected chi connectivity index (χ4v) is 5.59. The molecule has 1 aliphatic carbocycles. The third-order valence-corrected chi connectivity index (χ3v) is 7.38. The second-order valence-corrected chi connectivity index (χ2v) is 9.54. The average molecular weight is 439 g/mol. The van der Waals surface area contributed by atoms with Crippen LogP contribution in [-0.4, -0.2) is 56.2 Å². The number of rotatable bonds is 6. The van der Waals surface area contributed by atoms with Crippen LogP contribution in [0.1, 0.15) is 36.0 Å². The molecule has 0 radical (unpaired) electrons. The number of ether oxygens (including phenoxy) is 1. The number of carbonyl (C=O) groups excluding carboxylic acids is 1. The van der Waals surface area contributed by atoms with Gasteiger partial charge >= 0.3 is 0 Å². The van der Waals surface area contributed by atoms with E-state index in [1.165, 1.54) is 30.6 Å². The van der Waals surface area contributed by atoms with Crippen molar-refractivity contribution < 1.29 is 9.53 Å². The molecule has 0 unspecified atom stereocenters. The summed E-state index contributed by atoms with van der Waals surface area (Å²) in [6.45, 7) is 4.94. The normalized spacial score (nSPS) is 18.7. The van der Waals surface area contributed by atoms with E-state index in [-0.39, 0.29) is 5.91 Å². The number of amides is 1. The monoisotopic (exact) mass is 438 g/mol. The molecule has 6 nitrogen and oxygen atoms in total. The molecule has 2 heterocycles. The Bertz CT molecular complexity index is 939. The van der Waals surface area contributed by atoms with Crippen molar-refractivity contribution in [1.29, 1.82) is 0 Å². The van der Waals surface area contributed by atoms with Crippen LogP contribution in [0, 0.1) is 0 Å². The number of fused-ring (bicyclic) bond motifs is 2. The van der Waals surface area contributed by atoms with Crippen molar-refractivity contribution in [2.24, 2.45) is 0 Å². The number of hydrogen-bond donors (Lipinski definition) is 3. The van der Waals surface area contributed by atoms with E-state index in [1.54, 1.807) is 11.8 Å². The van der Waals surface area contributed by atoms with Gasteiger partial charge in [0.05, 0.1) is 30.3 Å². The van der Waals surface area contributed by atoms with Gasteiger partial charge in [-0.15, -0.1) is 0 Å². The molecule has 0 spiro atoms. The Kier molecular flexibility index (Phi) is 6.34. The molecule has 1 amide bonds. The van der Waals surface area contributed by atoms with Gasteiger partial charge in [-0.25, -0.2) is 0 Å². The number of carbonyl (C=O) groups is 1. The molecule has 7 heteroatoms.